The van der Waals surface area contributed by atoms with Gasteiger partial charge < -0.3 is 5.32 Å². The number of hydrogen-bond donors (Lipinski definition) is 1. The second kappa shape index (κ2) is 6.25. The van der Waals surface area contributed by atoms with Crippen molar-refractivity contribution in [1.29, 1.82) is 0 Å². The minimum atomic E-state index is -1.06. The zero-order valence-corrected chi connectivity index (χ0v) is 15.8. The Hall–Kier alpha value is -2.66. The number of carbonyl (C=O) groups excluding carboxylic acids is 2. The first-order chi connectivity index (χ1) is 12.5. The fraction of sp³-hybridized carbons (Fsp3) is 0.143. The number of fused-ring (bicyclic) bond motifs is 1. The Morgan fingerprint density at radius 3 is 2.50 bits per heavy atom. The van der Waals surface area contributed by atoms with Crippen molar-refractivity contribution in [2.75, 3.05) is 0 Å². The molecule has 130 valence electrons. The summed E-state index contributed by atoms with van der Waals surface area (Å²) in [5, 5.41) is 5.01. The predicted octanol–water partition coefficient (Wildman–Crippen LogP) is 4.57. The monoisotopic (exact) mass is 408 g/mol. The molecule has 1 aliphatic rings. The van der Waals surface area contributed by atoms with Crippen LogP contribution in [-0.4, -0.2) is 16.8 Å². The maximum absolute atomic E-state index is 13.1. The molecule has 3 amide bonds. The molecule has 1 fully saturated rings. The number of halogens is 1. The summed E-state index contributed by atoms with van der Waals surface area (Å²) in [5.41, 5.74) is 0.615. The van der Waals surface area contributed by atoms with Crippen LogP contribution in [0.1, 0.15) is 18.1 Å². The molecule has 1 atom stereocenters. The van der Waals surface area contributed by atoms with Gasteiger partial charge in [0, 0.05) is 4.47 Å². The van der Waals surface area contributed by atoms with Crippen LogP contribution in [0.2, 0.25) is 0 Å². The minimum Gasteiger partial charge on any atom is -0.319 e. The number of nitrogens with zero attached hydrogens (tertiary/aromatic N) is 1. The van der Waals surface area contributed by atoms with Crippen LogP contribution in [0.25, 0.3) is 10.8 Å². The molecule has 0 saturated carbocycles. The Labute approximate surface area is 159 Å². The number of amides is 3. The number of rotatable bonds is 3. The molecule has 1 saturated heterocycles. The summed E-state index contributed by atoms with van der Waals surface area (Å²) < 4.78 is 0.916. The van der Waals surface area contributed by atoms with Gasteiger partial charge in [-0.1, -0.05) is 64.5 Å². The lowest BCUT2D eigenvalue weighted by molar-refractivity contribution is -0.131. The molecule has 3 aromatic rings. The van der Waals surface area contributed by atoms with Gasteiger partial charge in [-0.2, -0.15) is 0 Å². The van der Waals surface area contributed by atoms with Gasteiger partial charge in [-0.3, -0.25) is 9.69 Å². The summed E-state index contributed by atoms with van der Waals surface area (Å²) in [7, 11) is 0. The van der Waals surface area contributed by atoms with Crippen molar-refractivity contribution in [3.05, 3.63) is 82.3 Å². The maximum atomic E-state index is 13.1. The van der Waals surface area contributed by atoms with Crippen molar-refractivity contribution in [3.63, 3.8) is 0 Å². The zero-order chi connectivity index (χ0) is 18.3. The second-order valence-electron chi connectivity index (χ2n) is 6.64. The molecule has 4 rings (SSSR count). The molecule has 0 bridgehead atoms. The van der Waals surface area contributed by atoms with E-state index in [4.69, 9.17) is 0 Å². The van der Waals surface area contributed by atoms with E-state index in [9.17, 15) is 9.59 Å². The molecule has 0 radical (unpaired) electrons. The fourth-order valence-corrected chi connectivity index (χ4v) is 3.80. The Morgan fingerprint density at radius 1 is 0.962 bits per heavy atom. The van der Waals surface area contributed by atoms with E-state index in [0.29, 0.717) is 0 Å². The molecule has 1 unspecified atom stereocenters. The summed E-state index contributed by atoms with van der Waals surface area (Å²) in [6.45, 7) is 2.01. The third-order valence-electron chi connectivity index (χ3n) is 4.83. The summed E-state index contributed by atoms with van der Waals surface area (Å²) in [4.78, 5) is 26.9. The van der Waals surface area contributed by atoms with Gasteiger partial charge in [0.1, 0.15) is 5.54 Å². The van der Waals surface area contributed by atoms with Gasteiger partial charge in [0.15, 0.2) is 0 Å². The molecule has 0 aromatic heterocycles. The van der Waals surface area contributed by atoms with Gasteiger partial charge in [0.2, 0.25) is 0 Å². The Bertz CT molecular complexity index is 1030. The minimum absolute atomic E-state index is 0.238. The number of benzene rings is 3. The van der Waals surface area contributed by atoms with Crippen LogP contribution < -0.4 is 5.32 Å². The fourth-order valence-electron chi connectivity index (χ4n) is 3.35. The topological polar surface area (TPSA) is 49.4 Å². The Morgan fingerprint density at radius 2 is 1.73 bits per heavy atom. The van der Waals surface area contributed by atoms with Crippen LogP contribution >= 0.6 is 15.9 Å². The highest BCUT2D eigenvalue weighted by Gasteiger charge is 2.48. The van der Waals surface area contributed by atoms with Crippen molar-refractivity contribution in [2.45, 2.75) is 19.0 Å². The SMILES string of the molecule is CC1(c2ccc3ccccc3c2)NC(=O)N(Cc2cccc(Br)c2)C1=O. The quantitative estimate of drug-likeness (QED) is 0.645. The van der Waals surface area contributed by atoms with E-state index in [0.717, 1.165) is 26.4 Å². The average Bonchev–Trinajstić information content (AvgIpc) is 2.85. The molecule has 3 aromatic carbocycles. The standard InChI is InChI=1S/C21H17BrN2O2/c1-21(17-10-9-15-6-2-3-7-16(15)12-17)19(25)24(20(26)23-21)13-14-5-4-8-18(22)11-14/h2-12H,13H2,1H3,(H,23,26). The number of urea groups is 1. The summed E-state index contributed by atoms with van der Waals surface area (Å²) in [5.74, 6) is -0.238. The third-order valence-corrected chi connectivity index (χ3v) is 5.32. The third kappa shape index (κ3) is 2.78. The van der Waals surface area contributed by atoms with Crippen LogP contribution in [0, 0.1) is 0 Å². The molecular weight excluding hydrogens is 392 g/mol. The average molecular weight is 409 g/mol. The predicted molar refractivity (Wildman–Crippen MR) is 105 cm³/mol. The molecule has 26 heavy (non-hydrogen) atoms. The van der Waals surface area contributed by atoms with Crippen LogP contribution in [0.5, 0.6) is 0 Å². The molecule has 0 aliphatic carbocycles. The lowest BCUT2D eigenvalue weighted by Crippen LogP contribution is -2.40. The first kappa shape index (κ1) is 16.8. The number of nitrogens with one attached hydrogen (secondary N) is 1. The van der Waals surface area contributed by atoms with Crippen molar-refractivity contribution >= 4 is 38.6 Å². The molecule has 5 heteroatoms. The highest BCUT2D eigenvalue weighted by atomic mass is 79.9. The smallest absolute Gasteiger partial charge is 0.319 e. The van der Waals surface area contributed by atoms with Crippen molar-refractivity contribution in [2.24, 2.45) is 0 Å². The van der Waals surface area contributed by atoms with Crippen LogP contribution in [-0.2, 0) is 16.9 Å². The zero-order valence-electron chi connectivity index (χ0n) is 14.2. The highest BCUT2D eigenvalue weighted by Crippen LogP contribution is 2.32. The van der Waals surface area contributed by atoms with Gasteiger partial charge in [-0.15, -0.1) is 0 Å². The largest absolute Gasteiger partial charge is 0.325 e. The van der Waals surface area contributed by atoms with Crippen molar-refractivity contribution in [1.82, 2.24) is 10.2 Å². The van der Waals surface area contributed by atoms with Gasteiger partial charge in [0.05, 0.1) is 6.54 Å². The van der Waals surface area contributed by atoms with E-state index in [1.807, 2.05) is 66.7 Å². The highest BCUT2D eigenvalue weighted by molar-refractivity contribution is 9.10. The van der Waals surface area contributed by atoms with Crippen LogP contribution in [0.3, 0.4) is 0 Å². The number of imide groups is 1. The van der Waals surface area contributed by atoms with E-state index in [1.165, 1.54) is 4.90 Å². The van der Waals surface area contributed by atoms with E-state index < -0.39 is 5.54 Å². The summed E-state index contributed by atoms with van der Waals surface area (Å²) in [6.07, 6.45) is 0. The second-order valence-corrected chi connectivity index (χ2v) is 7.55. The van der Waals surface area contributed by atoms with Crippen molar-refractivity contribution < 1.29 is 9.59 Å². The summed E-state index contributed by atoms with van der Waals surface area (Å²) >= 11 is 3.42. The molecule has 4 nitrogen and oxygen atoms in total. The van der Waals surface area contributed by atoms with Gasteiger partial charge in [-0.05, 0) is 47.0 Å². The molecule has 1 aliphatic heterocycles. The lowest BCUT2D eigenvalue weighted by atomic mass is 9.90. The molecule has 1 N–H and O–H groups in total. The van der Waals surface area contributed by atoms with Crippen LogP contribution in [0.4, 0.5) is 4.79 Å². The van der Waals surface area contributed by atoms with E-state index in [2.05, 4.69) is 21.2 Å². The molecular formula is C21H17BrN2O2. The van der Waals surface area contributed by atoms with Crippen molar-refractivity contribution in [3.8, 4) is 0 Å². The first-order valence-corrected chi connectivity index (χ1v) is 9.14. The van der Waals surface area contributed by atoms with E-state index in [1.54, 1.807) is 6.92 Å². The molecule has 0 spiro atoms. The van der Waals surface area contributed by atoms with Gasteiger partial charge in [-0.25, -0.2) is 4.79 Å². The Balaban J connectivity index is 1.68. The Kier molecular flexibility index (Phi) is 4.04. The molecule has 1 heterocycles. The van der Waals surface area contributed by atoms with Gasteiger partial charge in [0.25, 0.3) is 5.91 Å². The first-order valence-electron chi connectivity index (χ1n) is 8.35. The number of carbonyl (C=O) groups is 2. The number of hydrogen-bond acceptors (Lipinski definition) is 2. The summed E-state index contributed by atoms with van der Waals surface area (Å²) in [6, 6.07) is 21.1. The van der Waals surface area contributed by atoms with E-state index in [-0.39, 0.29) is 18.5 Å². The lowest BCUT2D eigenvalue weighted by Gasteiger charge is -2.23. The maximum Gasteiger partial charge on any atom is 0.325 e. The normalized spacial score (nSPS) is 19.8. The van der Waals surface area contributed by atoms with Crippen LogP contribution in [0.15, 0.2) is 71.2 Å². The van der Waals surface area contributed by atoms with E-state index >= 15 is 0 Å². The van der Waals surface area contributed by atoms with Gasteiger partial charge >= 0.3 is 6.03 Å².